The van der Waals surface area contributed by atoms with Crippen LogP contribution in [-0.2, 0) is 40.3 Å². The largest absolute Gasteiger partial charge is 0.489 e. The highest BCUT2D eigenvalue weighted by atomic mass is 35.5. The van der Waals surface area contributed by atoms with Gasteiger partial charge in [0.15, 0.2) is 9.04 Å². The van der Waals surface area contributed by atoms with Crippen LogP contribution in [0.3, 0.4) is 0 Å². The molecule has 0 aliphatic rings. The number of hydrogen-bond donors (Lipinski definition) is 1. The van der Waals surface area contributed by atoms with Crippen LogP contribution in [0.2, 0.25) is 18.1 Å². The summed E-state index contributed by atoms with van der Waals surface area (Å²) >= 11 is 8.51. The second kappa shape index (κ2) is 20.0. The van der Waals surface area contributed by atoms with E-state index in [-0.39, 0.29) is 13.2 Å². The molecule has 0 radical (unpaired) electrons. The first-order chi connectivity index (χ1) is 23.7. The monoisotopic (exact) mass is 765 g/mol. The van der Waals surface area contributed by atoms with Crippen LogP contribution < -0.4 is 10.1 Å². The van der Waals surface area contributed by atoms with E-state index in [0.717, 1.165) is 39.5 Å². The fraction of sp³-hybridized carbons (Fsp3) is 0.486. The summed E-state index contributed by atoms with van der Waals surface area (Å²) in [5, 5.41) is 3.73. The van der Waals surface area contributed by atoms with Crippen molar-refractivity contribution >= 4 is 46.3 Å². The molecule has 0 saturated heterocycles. The Labute approximate surface area is 309 Å². The van der Waals surface area contributed by atoms with Gasteiger partial charge in [-0.1, -0.05) is 99.9 Å². The summed E-state index contributed by atoms with van der Waals surface area (Å²) in [5.41, 5.74) is 0.185. The zero-order valence-electron chi connectivity index (χ0n) is 30.5. The number of unbranched alkanes of at least 4 members (excludes halogenated alkanes) is 1. The third-order valence-corrected chi connectivity index (χ3v) is 11.9. The number of ether oxygens (including phenoxy) is 2. The number of alkyl carbamates (subject to hydrolysis) is 1. The molecule has 0 fully saturated rings. The standard InChI is InChI=1S/C37H53ClNO8PSSi/c1-9-10-23-44-35(40)39-37(36(2,3)4,34(27-46-50(7)8)47-48(41,42-5)43-6)22-21-29-19-20-32(25-33(29)38)49-31-18-14-17-30(24-31)45-26-28-15-12-11-13-16-28/h11-20,24-25,34,50H,9-10,21-23,26-27H2,1-8H3,(H,39,40). The summed E-state index contributed by atoms with van der Waals surface area (Å²) in [4.78, 5) is 15.4. The van der Waals surface area contributed by atoms with Crippen molar-refractivity contribution in [3.05, 3.63) is 88.9 Å². The number of rotatable bonds is 20. The molecular weight excluding hydrogens is 713 g/mol. The van der Waals surface area contributed by atoms with Gasteiger partial charge in [0.2, 0.25) is 0 Å². The quantitative estimate of drug-likeness (QED) is 0.0684. The maximum absolute atomic E-state index is 13.4. The fourth-order valence-electron chi connectivity index (χ4n) is 5.37. The zero-order valence-corrected chi connectivity index (χ0v) is 34.2. The maximum Gasteiger partial charge on any atom is 0.474 e. The number of phosphoric ester groups is 1. The number of halogens is 1. The smallest absolute Gasteiger partial charge is 0.474 e. The van der Waals surface area contributed by atoms with Gasteiger partial charge >= 0.3 is 13.9 Å². The Balaban J connectivity index is 1.89. The van der Waals surface area contributed by atoms with Crippen LogP contribution in [0.4, 0.5) is 4.79 Å². The second-order valence-electron chi connectivity index (χ2n) is 13.2. The van der Waals surface area contributed by atoms with Gasteiger partial charge in [0, 0.05) is 29.0 Å². The van der Waals surface area contributed by atoms with Crippen molar-refractivity contribution in [1.82, 2.24) is 5.32 Å². The Hall–Kier alpha value is -2.34. The minimum absolute atomic E-state index is 0.0601. The van der Waals surface area contributed by atoms with E-state index < -0.39 is 40.0 Å². The molecule has 9 nitrogen and oxygen atoms in total. The van der Waals surface area contributed by atoms with Gasteiger partial charge in [-0.3, -0.25) is 13.6 Å². The van der Waals surface area contributed by atoms with Crippen LogP contribution in [0, 0.1) is 5.41 Å². The van der Waals surface area contributed by atoms with Crippen molar-refractivity contribution < 1.29 is 36.8 Å². The summed E-state index contributed by atoms with van der Waals surface area (Å²) in [6, 6.07) is 24.0. The summed E-state index contributed by atoms with van der Waals surface area (Å²) in [6.45, 7) is 12.9. The van der Waals surface area contributed by atoms with E-state index in [1.807, 2.05) is 114 Å². The van der Waals surface area contributed by atoms with Crippen LogP contribution in [0.15, 0.2) is 82.6 Å². The normalized spacial score (nSPS) is 13.9. The van der Waals surface area contributed by atoms with Gasteiger partial charge in [0.05, 0.1) is 18.8 Å². The number of hydrogen-bond acceptors (Lipinski definition) is 9. The predicted molar refractivity (Wildman–Crippen MR) is 204 cm³/mol. The first kappa shape index (κ1) is 42.1. The zero-order chi connectivity index (χ0) is 36.8. The Morgan fingerprint density at radius 3 is 2.30 bits per heavy atom. The topological polar surface area (TPSA) is 102 Å². The third kappa shape index (κ3) is 12.7. The Kier molecular flexibility index (Phi) is 16.9. The fourth-order valence-corrected chi connectivity index (χ4v) is 8.05. The van der Waals surface area contributed by atoms with E-state index in [4.69, 9.17) is 39.1 Å². The lowest BCUT2D eigenvalue weighted by molar-refractivity contribution is -0.0421. The van der Waals surface area contributed by atoms with Crippen molar-refractivity contribution in [2.75, 3.05) is 27.4 Å². The molecule has 0 heterocycles. The van der Waals surface area contributed by atoms with Gasteiger partial charge in [-0.25, -0.2) is 9.36 Å². The van der Waals surface area contributed by atoms with Crippen molar-refractivity contribution in [3.63, 3.8) is 0 Å². The van der Waals surface area contributed by atoms with Crippen molar-refractivity contribution in [2.24, 2.45) is 5.41 Å². The number of carbonyl (C=O) groups is 1. The number of benzene rings is 3. The van der Waals surface area contributed by atoms with E-state index >= 15 is 0 Å². The molecule has 2 atom stereocenters. The molecule has 0 bridgehead atoms. The van der Waals surface area contributed by atoms with Crippen molar-refractivity contribution in [2.45, 2.75) is 94.5 Å². The van der Waals surface area contributed by atoms with Crippen LogP contribution in [0.1, 0.15) is 58.1 Å². The molecule has 0 saturated carbocycles. The van der Waals surface area contributed by atoms with Crippen LogP contribution in [0.25, 0.3) is 0 Å². The molecule has 3 aromatic carbocycles. The SMILES string of the molecule is CCCCOC(=O)NC(CCc1ccc(Sc2cccc(OCc3ccccc3)c2)cc1Cl)(C(CO[SiH](C)C)OP(=O)(OC)OC)C(C)(C)C. The van der Waals surface area contributed by atoms with Gasteiger partial charge in [-0.2, -0.15) is 0 Å². The highest BCUT2D eigenvalue weighted by Crippen LogP contribution is 2.52. The second-order valence-corrected chi connectivity index (χ2v) is 19.0. The molecule has 13 heteroatoms. The van der Waals surface area contributed by atoms with Gasteiger partial charge in [0.25, 0.3) is 0 Å². The Morgan fingerprint density at radius 2 is 1.68 bits per heavy atom. The number of carbonyl (C=O) groups excluding carboxylic acids is 1. The molecule has 1 amide bonds. The molecule has 0 aliphatic carbocycles. The van der Waals surface area contributed by atoms with E-state index in [0.29, 0.717) is 24.5 Å². The predicted octanol–water partition coefficient (Wildman–Crippen LogP) is 10.1. The van der Waals surface area contributed by atoms with Gasteiger partial charge in [-0.05, 0) is 79.2 Å². The van der Waals surface area contributed by atoms with Crippen molar-refractivity contribution in [3.8, 4) is 5.75 Å². The molecule has 1 N–H and O–H groups in total. The van der Waals surface area contributed by atoms with E-state index in [2.05, 4.69) is 5.32 Å². The van der Waals surface area contributed by atoms with Gasteiger partial charge in [-0.15, -0.1) is 0 Å². The lowest BCUT2D eigenvalue weighted by Gasteiger charge is -2.50. The first-order valence-electron chi connectivity index (χ1n) is 16.9. The highest BCUT2D eigenvalue weighted by Gasteiger charge is 2.53. The van der Waals surface area contributed by atoms with Crippen LogP contribution in [-0.4, -0.2) is 54.2 Å². The number of amides is 1. The van der Waals surface area contributed by atoms with Crippen LogP contribution in [0.5, 0.6) is 5.75 Å². The first-order valence-corrected chi connectivity index (χ1v) is 22.4. The molecule has 0 spiro atoms. The summed E-state index contributed by atoms with van der Waals surface area (Å²) in [7, 11) is -3.04. The number of nitrogens with one attached hydrogen (secondary N) is 1. The lowest BCUT2D eigenvalue weighted by Crippen LogP contribution is -2.66. The van der Waals surface area contributed by atoms with E-state index in [9.17, 15) is 9.36 Å². The third-order valence-electron chi connectivity index (χ3n) is 8.33. The van der Waals surface area contributed by atoms with E-state index in [1.54, 1.807) is 11.8 Å². The van der Waals surface area contributed by atoms with Crippen molar-refractivity contribution in [1.29, 1.82) is 0 Å². The molecular formula is C37H53ClNO8PSSi. The summed E-state index contributed by atoms with van der Waals surface area (Å²) < 4.78 is 47.7. The Bertz CT molecular complexity index is 1540. The molecule has 0 aromatic heterocycles. The molecule has 3 aromatic rings. The minimum Gasteiger partial charge on any atom is -0.489 e. The lowest BCUT2D eigenvalue weighted by atomic mass is 9.67. The minimum atomic E-state index is -4.00. The average Bonchev–Trinajstić information content (AvgIpc) is 3.08. The maximum atomic E-state index is 13.4. The number of aryl methyl sites for hydroxylation is 1. The van der Waals surface area contributed by atoms with Crippen LogP contribution >= 0.6 is 31.2 Å². The average molecular weight is 766 g/mol. The molecule has 2 unspecified atom stereocenters. The molecule has 276 valence electrons. The number of phosphoric acid groups is 1. The Morgan fingerprint density at radius 1 is 0.980 bits per heavy atom. The highest BCUT2D eigenvalue weighted by molar-refractivity contribution is 7.99. The molecule has 3 rings (SSSR count). The summed E-state index contributed by atoms with van der Waals surface area (Å²) in [6.07, 6.45) is 0.899. The van der Waals surface area contributed by atoms with Gasteiger partial charge < -0.3 is 19.2 Å². The summed E-state index contributed by atoms with van der Waals surface area (Å²) in [5.74, 6) is 0.785. The molecule has 0 aliphatic heterocycles. The van der Waals surface area contributed by atoms with Gasteiger partial charge in [0.1, 0.15) is 18.5 Å². The molecule has 50 heavy (non-hydrogen) atoms. The van der Waals surface area contributed by atoms with E-state index in [1.165, 1.54) is 14.2 Å².